The van der Waals surface area contributed by atoms with E-state index in [1.807, 2.05) is 24.3 Å². The lowest BCUT2D eigenvalue weighted by atomic mass is 10.0. The molecule has 0 spiro atoms. The molecule has 1 aliphatic rings. The van der Waals surface area contributed by atoms with E-state index in [4.69, 9.17) is 0 Å². The van der Waals surface area contributed by atoms with Crippen LogP contribution in [0.2, 0.25) is 0 Å². The molecule has 2 heterocycles. The highest BCUT2D eigenvalue weighted by molar-refractivity contribution is 6.00. The monoisotopic (exact) mass is 338 g/mol. The average molecular weight is 338 g/mol. The summed E-state index contributed by atoms with van der Waals surface area (Å²) >= 11 is 0. The molecule has 1 fully saturated rings. The Morgan fingerprint density at radius 3 is 2.68 bits per heavy atom. The molecule has 2 aromatic rings. The highest BCUT2D eigenvalue weighted by Crippen LogP contribution is 2.27. The zero-order chi connectivity index (χ0) is 17.8. The van der Waals surface area contributed by atoms with Crippen LogP contribution in [0.3, 0.4) is 0 Å². The number of carbonyl (C=O) groups is 2. The van der Waals surface area contributed by atoms with Crippen molar-refractivity contribution in [1.82, 2.24) is 15.3 Å². The number of nitrogens with one attached hydrogen (secondary N) is 1. The van der Waals surface area contributed by atoms with Crippen LogP contribution in [0.5, 0.6) is 0 Å². The second-order valence-corrected chi connectivity index (χ2v) is 6.57. The van der Waals surface area contributed by atoms with E-state index in [9.17, 15) is 9.59 Å². The zero-order valence-electron chi connectivity index (χ0n) is 14.5. The van der Waals surface area contributed by atoms with Crippen molar-refractivity contribution >= 4 is 17.5 Å². The van der Waals surface area contributed by atoms with Gasteiger partial charge in [-0.2, -0.15) is 0 Å². The van der Waals surface area contributed by atoms with Gasteiger partial charge in [0.05, 0.1) is 18.2 Å². The van der Waals surface area contributed by atoms with Crippen molar-refractivity contribution in [2.75, 3.05) is 11.4 Å². The van der Waals surface area contributed by atoms with Crippen LogP contribution in [0, 0.1) is 5.92 Å². The number of rotatable bonds is 5. The molecule has 2 amide bonds. The number of amides is 2. The molecule has 0 unspecified atom stereocenters. The number of carbonyl (C=O) groups excluding carboxylic acids is 2. The van der Waals surface area contributed by atoms with Crippen molar-refractivity contribution < 1.29 is 9.59 Å². The van der Waals surface area contributed by atoms with Crippen molar-refractivity contribution in [2.45, 2.75) is 32.7 Å². The molecular formula is C19H22N4O2. The predicted octanol–water partition coefficient (Wildman–Crippen LogP) is 2.27. The van der Waals surface area contributed by atoms with Crippen LogP contribution in [0.1, 0.15) is 37.4 Å². The lowest BCUT2D eigenvalue weighted by Gasteiger charge is -2.17. The summed E-state index contributed by atoms with van der Waals surface area (Å²) in [5, 5.41) is 2.85. The molecule has 130 valence electrons. The summed E-state index contributed by atoms with van der Waals surface area (Å²) in [7, 11) is 0. The third kappa shape index (κ3) is 4.02. The highest BCUT2D eigenvalue weighted by Gasteiger charge is 2.35. The number of aromatic nitrogens is 2. The number of hydrogen-bond donors (Lipinski definition) is 1. The molecule has 0 saturated carbocycles. The minimum Gasteiger partial charge on any atom is -0.350 e. The van der Waals surface area contributed by atoms with Crippen molar-refractivity contribution in [1.29, 1.82) is 0 Å². The molecule has 0 bridgehead atoms. The first-order valence-electron chi connectivity index (χ1n) is 8.47. The molecule has 3 rings (SSSR count). The molecule has 1 aliphatic heterocycles. The van der Waals surface area contributed by atoms with Gasteiger partial charge >= 0.3 is 0 Å². The maximum atomic E-state index is 12.4. The van der Waals surface area contributed by atoms with E-state index in [1.165, 1.54) is 11.9 Å². The summed E-state index contributed by atoms with van der Waals surface area (Å²) in [6.45, 7) is 5.02. The summed E-state index contributed by atoms with van der Waals surface area (Å²) in [5.74, 6) is -0.0180. The first-order valence-corrected chi connectivity index (χ1v) is 8.47. The van der Waals surface area contributed by atoms with Crippen LogP contribution < -0.4 is 10.2 Å². The van der Waals surface area contributed by atoms with Crippen molar-refractivity contribution in [3.8, 4) is 0 Å². The Bertz CT molecular complexity index is 744. The van der Waals surface area contributed by atoms with E-state index in [0.717, 1.165) is 11.4 Å². The maximum Gasteiger partial charge on any atom is 0.227 e. The molecule has 25 heavy (non-hydrogen) atoms. The van der Waals surface area contributed by atoms with Crippen LogP contribution in [-0.2, 0) is 16.1 Å². The third-order valence-electron chi connectivity index (χ3n) is 4.45. The van der Waals surface area contributed by atoms with E-state index in [0.29, 0.717) is 19.0 Å². The lowest BCUT2D eigenvalue weighted by molar-refractivity contribution is -0.126. The van der Waals surface area contributed by atoms with Crippen LogP contribution >= 0.6 is 0 Å². The van der Waals surface area contributed by atoms with Gasteiger partial charge in [0, 0.05) is 24.8 Å². The first kappa shape index (κ1) is 17.1. The zero-order valence-corrected chi connectivity index (χ0v) is 14.5. The van der Waals surface area contributed by atoms with Crippen molar-refractivity contribution in [3.05, 3.63) is 54.1 Å². The fourth-order valence-electron chi connectivity index (χ4n) is 2.92. The van der Waals surface area contributed by atoms with E-state index in [2.05, 4.69) is 29.1 Å². The number of anilines is 1. The van der Waals surface area contributed by atoms with Crippen LogP contribution in [0.25, 0.3) is 0 Å². The Kier molecular flexibility index (Phi) is 5.07. The summed E-state index contributed by atoms with van der Waals surface area (Å²) in [6, 6.07) is 9.73. The highest BCUT2D eigenvalue weighted by atomic mass is 16.2. The second-order valence-electron chi connectivity index (χ2n) is 6.57. The van der Waals surface area contributed by atoms with E-state index >= 15 is 0 Å². The van der Waals surface area contributed by atoms with Gasteiger partial charge in [-0.15, -0.1) is 0 Å². The molecule has 1 saturated heterocycles. The predicted molar refractivity (Wildman–Crippen MR) is 94.9 cm³/mol. The van der Waals surface area contributed by atoms with Gasteiger partial charge in [0.15, 0.2) is 0 Å². The fourth-order valence-corrected chi connectivity index (χ4v) is 2.92. The van der Waals surface area contributed by atoms with Gasteiger partial charge in [0.2, 0.25) is 11.8 Å². The van der Waals surface area contributed by atoms with Crippen LogP contribution in [0.15, 0.2) is 42.9 Å². The molecular weight excluding hydrogens is 316 g/mol. The first-order chi connectivity index (χ1) is 12.0. The lowest BCUT2D eigenvalue weighted by Crippen LogP contribution is -2.32. The Labute approximate surface area is 147 Å². The average Bonchev–Trinajstić information content (AvgIpc) is 3.02. The van der Waals surface area contributed by atoms with Gasteiger partial charge in [0.25, 0.3) is 0 Å². The van der Waals surface area contributed by atoms with Gasteiger partial charge in [-0.3, -0.25) is 9.59 Å². The van der Waals surface area contributed by atoms with Crippen LogP contribution in [0.4, 0.5) is 5.69 Å². The molecule has 6 nitrogen and oxygen atoms in total. The van der Waals surface area contributed by atoms with Crippen LogP contribution in [-0.4, -0.2) is 28.3 Å². The summed E-state index contributed by atoms with van der Waals surface area (Å²) in [5.41, 5.74) is 2.82. The van der Waals surface area contributed by atoms with Gasteiger partial charge in [0.1, 0.15) is 6.33 Å². The maximum absolute atomic E-state index is 12.4. The van der Waals surface area contributed by atoms with Gasteiger partial charge in [-0.1, -0.05) is 26.0 Å². The second kappa shape index (κ2) is 7.42. The summed E-state index contributed by atoms with van der Waals surface area (Å²) in [4.78, 5) is 34.3. The summed E-state index contributed by atoms with van der Waals surface area (Å²) in [6.07, 6.45) is 3.32. The normalized spacial score (nSPS) is 17.2. The molecule has 0 aliphatic carbocycles. The number of nitrogens with zero attached hydrogens (tertiary/aromatic N) is 3. The minimum absolute atomic E-state index is 0.0144. The largest absolute Gasteiger partial charge is 0.350 e. The Balaban J connectivity index is 1.60. The number of hydrogen-bond acceptors (Lipinski definition) is 4. The third-order valence-corrected chi connectivity index (χ3v) is 4.45. The minimum atomic E-state index is -0.334. The quantitative estimate of drug-likeness (QED) is 0.907. The van der Waals surface area contributed by atoms with E-state index < -0.39 is 0 Å². The smallest absolute Gasteiger partial charge is 0.227 e. The Morgan fingerprint density at radius 2 is 2.04 bits per heavy atom. The van der Waals surface area contributed by atoms with Gasteiger partial charge < -0.3 is 10.2 Å². The summed E-state index contributed by atoms with van der Waals surface area (Å²) < 4.78 is 0. The Hall–Kier alpha value is -2.76. The molecule has 1 atom stereocenters. The van der Waals surface area contributed by atoms with Gasteiger partial charge in [-0.25, -0.2) is 9.97 Å². The molecule has 1 N–H and O–H groups in total. The Morgan fingerprint density at radius 1 is 1.28 bits per heavy atom. The SMILES string of the molecule is CC(C)c1ccc(N2C[C@H](C(=O)NCc3ccncn3)CC2=O)cc1. The standard InChI is InChI=1S/C19H22N4O2/c1-13(2)14-3-5-17(6-4-14)23-11-15(9-18(23)24)19(25)21-10-16-7-8-20-12-22-16/h3-8,12-13,15H,9-11H2,1-2H3,(H,21,25)/t15-/m1/s1. The molecule has 1 aromatic carbocycles. The van der Waals surface area contributed by atoms with E-state index in [-0.39, 0.29) is 24.2 Å². The topological polar surface area (TPSA) is 75.2 Å². The molecule has 1 aromatic heterocycles. The van der Waals surface area contributed by atoms with E-state index in [1.54, 1.807) is 17.2 Å². The van der Waals surface area contributed by atoms with Crippen molar-refractivity contribution in [2.24, 2.45) is 5.92 Å². The molecule has 6 heteroatoms. The number of benzene rings is 1. The molecule has 0 radical (unpaired) electrons. The van der Waals surface area contributed by atoms with Crippen molar-refractivity contribution in [3.63, 3.8) is 0 Å². The van der Waals surface area contributed by atoms with Gasteiger partial charge in [-0.05, 0) is 29.7 Å². The fraction of sp³-hybridized carbons (Fsp3) is 0.368.